The number of aromatic nitrogens is 2. The average molecular weight is 366 g/mol. The summed E-state index contributed by atoms with van der Waals surface area (Å²) in [5, 5.41) is 3.23. The summed E-state index contributed by atoms with van der Waals surface area (Å²) in [6.45, 7) is 0.943. The molecule has 0 bridgehead atoms. The minimum absolute atomic E-state index is 0.645. The Balaban J connectivity index is 2.15. The Morgan fingerprint density at radius 2 is 2.17 bits per heavy atom. The van der Waals surface area contributed by atoms with Crippen LogP contribution >= 0.6 is 50.9 Å². The quantitative estimate of drug-likeness (QED) is 0.684. The predicted molar refractivity (Wildman–Crippen MR) is 81.2 cm³/mol. The lowest BCUT2D eigenvalue weighted by Gasteiger charge is -2.07. The van der Waals surface area contributed by atoms with Gasteiger partial charge in [0, 0.05) is 34.2 Å². The molecule has 2 rings (SSSR count). The third-order valence-corrected chi connectivity index (χ3v) is 4.62. The first kappa shape index (κ1) is 14.3. The molecule has 0 fully saturated rings. The number of benzene rings is 1. The van der Waals surface area contributed by atoms with Crippen molar-refractivity contribution in [1.82, 2.24) is 9.55 Å². The average Bonchev–Trinajstić information content (AvgIpc) is 2.77. The van der Waals surface area contributed by atoms with Crippen molar-refractivity contribution < 1.29 is 0 Å². The lowest BCUT2D eigenvalue weighted by molar-refractivity contribution is 0.626. The zero-order valence-corrected chi connectivity index (χ0v) is 13.4. The molecule has 96 valence electrons. The molecular formula is C12H11BrCl2N2S. The van der Waals surface area contributed by atoms with Gasteiger partial charge in [0.25, 0.3) is 0 Å². The smallest absolute Gasteiger partial charge is 0.172 e. The van der Waals surface area contributed by atoms with Crippen LogP contribution in [-0.4, -0.2) is 14.9 Å². The number of nitrogens with zero attached hydrogens (tertiary/aromatic N) is 2. The fourth-order valence-corrected chi connectivity index (χ4v) is 3.10. The number of aryl methyl sites for hydroxylation is 1. The molecule has 0 saturated heterocycles. The van der Waals surface area contributed by atoms with Gasteiger partial charge < -0.3 is 4.57 Å². The number of rotatable bonds is 5. The number of hydrogen-bond acceptors (Lipinski definition) is 2. The van der Waals surface area contributed by atoms with E-state index < -0.39 is 0 Å². The molecule has 0 unspecified atom stereocenters. The number of alkyl halides is 1. The van der Waals surface area contributed by atoms with Crippen LogP contribution in [0.25, 0.3) is 0 Å². The molecule has 0 N–H and O–H groups in total. The van der Waals surface area contributed by atoms with Crippen LogP contribution in [0.2, 0.25) is 10.0 Å². The van der Waals surface area contributed by atoms with E-state index in [2.05, 4.69) is 25.5 Å². The molecule has 0 spiro atoms. The fourth-order valence-electron chi connectivity index (χ4n) is 1.46. The van der Waals surface area contributed by atoms with Crippen molar-refractivity contribution in [2.24, 2.45) is 0 Å². The Hall–Kier alpha value is -0.160. The summed E-state index contributed by atoms with van der Waals surface area (Å²) in [5.74, 6) is 0. The van der Waals surface area contributed by atoms with Crippen LogP contribution in [0.4, 0.5) is 0 Å². The Labute approximate surface area is 129 Å². The maximum absolute atomic E-state index is 6.15. The topological polar surface area (TPSA) is 17.8 Å². The van der Waals surface area contributed by atoms with Gasteiger partial charge in [-0.05, 0) is 24.6 Å². The van der Waals surface area contributed by atoms with Gasteiger partial charge in [-0.2, -0.15) is 0 Å². The van der Waals surface area contributed by atoms with E-state index in [0.717, 1.165) is 28.3 Å². The van der Waals surface area contributed by atoms with Gasteiger partial charge in [-0.15, -0.1) is 0 Å². The molecule has 6 heteroatoms. The maximum atomic E-state index is 6.15. The Bertz CT molecular complexity index is 531. The van der Waals surface area contributed by atoms with Crippen LogP contribution in [0.15, 0.2) is 40.6 Å². The fraction of sp³-hybridized carbons (Fsp3) is 0.250. The summed E-state index contributed by atoms with van der Waals surface area (Å²) in [4.78, 5) is 5.31. The van der Waals surface area contributed by atoms with Crippen molar-refractivity contribution in [2.75, 3.05) is 5.33 Å². The van der Waals surface area contributed by atoms with E-state index in [1.165, 1.54) is 0 Å². The van der Waals surface area contributed by atoms with E-state index in [1.807, 2.05) is 18.3 Å². The summed E-state index contributed by atoms with van der Waals surface area (Å²) in [5.41, 5.74) is 0. The largest absolute Gasteiger partial charge is 0.326 e. The lowest BCUT2D eigenvalue weighted by atomic mass is 10.4. The van der Waals surface area contributed by atoms with Gasteiger partial charge in [0.1, 0.15) is 0 Å². The van der Waals surface area contributed by atoms with Gasteiger partial charge >= 0.3 is 0 Å². The molecule has 2 aromatic rings. The van der Waals surface area contributed by atoms with Crippen LogP contribution in [-0.2, 0) is 6.54 Å². The Kier molecular flexibility index (Phi) is 5.42. The molecule has 2 nitrogen and oxygen atoms in total. The van der Waals surface area contributed by atoms with Gasteiger partial charge in [-0.25, -0.2) is 4.98 Å². The van der Waals surface area contributed by atoms with Crippen LogP contribution in [0.1, 0.15) is 6.42 Å². The highest BCUT2D eigenvalue weighted by atomic mass is 79.9. The maximum Gasteiger partial charge on any atom is 0.172 e. The number of halogens is 3. The monoisotopic (exact) mass is 364 g/mol. The molecule has 1 aromatic carbocycles. The summed E-state index contributed by atoms with van der Waals surface area (Å²) in [7, 11) is 0. The van der Waals surface area contributed by atoms with E-state index in [4.69, 9.17) is 23.2 Å². The second-order valence-electron chi connectivity index (χ2n) is 3.62. The van der Waals surface area contributed by atoms with Gasteiger partial charge in [0.15, 0.2) is 5.16 Å². The Morgan fingerprint density at radius 1 is 1.33 bits per heavy atom. The molecule has 0 aliphatic rings. The SMILES string of the molecule is Clc1ccc(Sc2nccn2CCCBr)c(Cl)c1. The van der Waals surface area contributed by atoms with Gasteiger partial charge in [0.2, 0.25) is 0 Å². The highest BCUT2D eigenvalue weighted by Gasteiger charge is 2.08. The molecule has 1 heterocycles. The first-order chi connectivity index (χ1) is 8.70. The standard InChI is InChI=1S/C12H11BrCl2N2S/c13-4-1-6-17-7-5-16-12(17)18-11-3-2-9(14)8-10(11)15/h2-3,5,7-8H,1,4,6H2. The molecule has 0 aliphatic carbocycles. The van der Waals surface area contributed by atoms with Crippen molar-refractivity contribution in [3.63, 3.8) is 0 Å². The molecule has 0 aliphatic heterocycles. The van der Waals surface area contributed by atoms with E-state index in [9.17, 15) is 0 Å². The minimum Gasteiger partial charge on any atom is -0.326 e. The first-order valence-corrected chi connectivity index (χ1v) is 8.10. The number of hydrogen-bond donors (Lipinski definition) is 0. The summed E-state index contributed by atoms with van der Waals surface area (Å²) < 4.78 is 2.12. The van der Waals surface area contributed by atoms with Crippen molar-refractivity contribution in [3.05, 3.63) is 40.6 Å². The molecule has 0 amide bonds. The third-order valence-electron chi connectivity index (χ3n) is 2.31. The van der Waals surface area contributed by atoms with Crippen LogP contribution in [0.3, 0.4) is 0 Å². The number of imidazole rings is 1. The van der Waals surface area contributed by atoms with Crippen LogP contribution in [0.5, 0.6) is 0 Å². The van der Waals surface area contributed by atoms with Gasteiger partial charge in [-0.1, -0.05) is 50.9 Å². The van der Waals surface area contributed by atoms with E-state index in [-0.39, 0.29) is 0 Å². The molecule has 18 heavy (non-hydrogen) atoms. The van der Waals surface area contributed by atoms with Crippen LogP contribution in [0, 0.1) is 0 Å². The van der Waals surface area contributed by atoms with Crippen molar-refractivity contribution in [2.45, 2.75) is 23.0 Å². The van der Waals surface area contributed by atoms with E-state index in [0.29, 0.717) is 10.0 Å². The zero-order chi connectivity index (χ0) is 13.0. The van der Waals surface area contributed by atoms with Crippen LogP contribution < -0.4 is 0 Å². The predicted octanol–water partition coefficient (Wildman–Crippen LogP) is 5.13. The Morgan fingerprint density at radius 3 is 2.89 bits per heavy atom. The highest BCUT2D eigenvalue weighted by molar-refractivity contribution is 9.09. The lowest BCUT2D eigenvalue weighted by Crippen LogP contribution is -1.98. The molecule has 0 radical (unpaired) electrons. The zero-order valence-electron chi connectivity index (χ0n) is 9.44. The summed E-state index contributed by atoms with van der Waals surface area (Å²) in [6.07, 6.45) is 4.85. The van der Waals surface area contributed by atoms with Crippen molar-refractivity contribution in [3.8, 4) is 0 Å². The minimum atomic E-state index is 0.645. The van der Waals surface area contributed by atoms with Gasteiger partial charge in [-0.3, -0.25) is 0 Å². The van der Waals surface area contributed by atoms with Crippen molar-refractivity contribution >= 4 is 50.9 Å². The van der Waals surface area contributed by atoms with Crippen molar-refractivity contribution in [1.29, 1.82) is 0 Å². The summed E-state index contributed by atoms with van der Waals surface area (Å²) in [6, 6.07) is 5.50. The highest BCUT2D eigenvalue weighted by Crippen LogP contribution is 2.33. The van der Waals surface area contributed by atoms with Gasteiger partial charge in [0.05, 0.1) is 5.02 Å². The van der Waals surface area contributed by atoms with E-state index in [1.54, 1.807) is 24.0 Å². The molecule has 0 saturated carbocycles. The normalized spacial score (nSPS) is 10.8. The third kappa shape index (κ3) is 3.67. The molecular weight excluding hydrogens is 355 g/mol. The summed E-state index contributed by atoms with van der Waals surface area (Å²) >= 11 is 17.0. The second kappa shape index (κ2) is 6.85. The van der Waals surface area contributed by atoms with E-state index >= 15 is 0 Å². The molecule has 1 aromatic heterocycles. The first-order valence-electron chi connectivity index (χ1n) is 5.40. The second-order valence-corrected chi connectivity index (χ2v) is 6.27. The molecule has 0 atom stereocenters.